The second-order valence-corrected chi connectivity index (χ2v) is 4.53. The number of benzene rings is 1. The Balaban J connectivity index is 1.82. The van der Waals surface area contributed by atoms with Gasteiger partial charge >= 0.3 is 0 Å². The highest BCUT2D eigenvalue weighted by atomic mass is 16.5. The number of aromatic nitrogens is 1. The lowest BCUT2D eigenvalue weighted by molar-refractivity contribution is 0.0685. The van der Waals surface area contributed by atoms with Gasteiger partial charge in [0.05, 0.1) is 11.6 Å². The van der Waals surface area contributed by atoms with Gasteiger partial charge in [-0.05, 0) is 37.1 Å². The third kappa shape index (κ3) is 2.24. The van der Waals surface area contributed by atoms with Crippen molar-refractivity contribution in [2.45, 2.75) is 18.9 Å². The van der Waals surface area contributed by atoms with Gasteiger partial charge in [0.25, 0.3) is 0 Å². The molecule has 4 nitrogen and oxygen atoms in total. The van der Waals surface area contributed by atoms with Crippen molar-refractivity contribution < 1.29 is 9.47 Å². The van der Waals surface area contributed by atoms with Gasteiger partial charge in [0.15, 0.2) is 0 Å². The predicted octanol–water partition coefficient (Wildman–Crippen LogP) is 2.37. The Bertz CT molecular complexity index is 550. The number of hydrogen-bond acceptors (Lipinski definition) is 4. The Kier molecular flexibility index (Phi) is 3.02. The molecule has 0 bridgehead atoms. The van der Waals surface area contributed by atoms with Crippen LogP contribution in [0, 0.1) is 0 Å². The van der Waals surface area contributed by atoms with E-state index in [-0.39, 0.29) is 6.10 Å². The molecular weight excluding hydrogens is 228 g/mol. The van der Waals surface area contributed by atoms with E-state index in [2.05, 4.69) is 4.98 Å². The lowest BCUT2D eigenvalue weighted by Gasteiger charge is -2.13. The molecule has 18 heavy (non-hydrogen) atoms. The van der Waals surface area contributed by atoms with Gasteiger partial charge in [-0.3, -0.25) is 4.98 Å². The first-order chi connectivity index (χ1) is 8.83. The standard InChI is InChI=1S/C14H16N2O2/c15-10-3-4-12-13(8-10)16-6-5-14(12)18-9-11-2-1-7-17-11/h3-6,8,11H,1-2,7,9,15H2. The molecule has 1 saturated heterocycles. The molecule has 0 radical (unpaired) electrons. The molecular formula is C14H16N2O2. The first-order valence-electron chi connectivity index (χ1n) is 6.21. The average molecular weight is 244 g/mol. The van der Waals surface area contributed by atoms with Gasteiger partial charge in [-0.2, -0.15) is 0 Å². The van der Waals surface area contributed by atoms with E-state index in [0.717, 1.165) is 36.1 Å². The summed E-state index contributed by atoms with van der Waals surface area (Å²) in [5.74, 6) is 0.843. The van der Waals surface area contributed by atoms with Crippen molar-refractivity contribution >= 4 is 16.6 Å². The van der Waals surface area contributed by atoms with Crippen LogP contribution in [0.5, 0.6) is 5.75 Å². The number of nitrogen functional groups attached to an aromatic ring is 1. The summed E-state index contributed by atoms with van der Waals surface area (Å²) >= 11 is 0. The minimum Gasteiger partial charge on any atom is -0.490 e. The molecule has 1 aliphatic heterocycles. The summed E-state index contributed by atoms with van der Waals surface area (Å²) in [5.41, 5.74) is 7.32. The first-order valence-corrected chi connectivity index (χ1v) is 6.21. The van der Waals surface area contributed by atoms with Gasteiger partial charge in [0, 0.05) is 23.9 Å². The molecule has 1 unspecified atom stereocenters. The van der Waals surface area contributed by atoms with Crippen molar-refractivity contribution in [3.05, 3.63) is 30.5 Å². The topological polar surface area (TPSA) is 57.4 Å². The molecule has 1 aromatic heterocycles. The lowest BCUT2D eigenvalue weighted by atomic mass is 10.2. The highest BCUT2D eigenvalue weighted by Crippen LogP contribution is 2.26. The second-order valence-electron chi connectivity index (χ2n) is 4.53. The van der Waals surface area contributed by atoms with Crippen LogP contribution in [0.2, 0.25) is 0 Å². The summed E-state index contributed by atoms with van der Waals surface area (Å²) in [6.45, 7) is 1.45. The maximum Gasteiger partial charge on any atom is 0.130 e. The zero-order valence-corrected chi connectivity index (χ0v) is 10.1. The van der Waals surface area contributed by atoms with Gasteiger partial charge in [0.2, 0.25) is 0 Å². The van der Waals surface area contributed by atoms with Crippen LogP contribution in [-0.4, -0.2) is 24.3 Å². The van der Waals surface area contributed by atoms with E-state index in [1.807, 2.05) is 24.3 Å². The quantitative estimate of drug-likeness (QED) is 0.842. The predicted molar refractivity (Wildman–Crippen MR) is 70.6 cm³/mol. The van der Waals surface area contributed by atoms with Gasteiger partial charge in [0.1, 0.15) is 12.4 Å². The summed E-state index contributed by atoms with van der Waals surface area (Å²) in [5, 5.41) is 0.990. The Morgan fingerprint density at radius 1 is 1.39 bits per heavy atom. The number of ether oxygens (including phenoxy) is 2. The molecule has 3 rings (SSSR count). The number of fused-ring (bicyclic) bond motifs is 1. The van der Waals surface area contributed by atoms with Crippen molar-refractivity contribution in [2.75, 3.05) is 18.9 Å². The Labute approximate surface area is 106 Å². The van der Waals surface area contributed by atoms with Crippen molar-refractivity contribution in [2.24, 2.45) is 0 Å². The molecule has 1 atom stereocenters. The van der Waals surface area contributed by atoms with Crippen LogP contribution >= 0.6 is 0 Å². The summed E-state index contributed by atoms with van der Waals surface area (Å²) in [7, 11) is 0. The molecule has 4 heteroatoms. The van der Waals surface area contributed by atoms with Crippen LogP contribution in [0.4, 0.5) is 5.69 Å². The fourth-order valence-electron chi connectivity index (χ4n) is 2.22. The van der Waals surface area contributed by atoms with E-state index in [1.165, 1.54) is 0 Å². The van der Waals surface area contributed by atoms with Crippen LogP contribution in [0.1, 0.15) is 12.8 Å². The third-order valence-corrected chi connectivity index (χ3v) is 3.18. The molecule has 2 aromatic rings. The third-order valence-electron chi connectivity index (χ3n) is 3.18. The van der Waals surface area contributed by atoms with Gasteiger partial charge in [-0.15, -0.1) is 0 Å². The molecule has 0 saturated carbocycles. The Morgan fingerprint density at radius 3 is 3.17 bits per heavy atom. The van der Waals surface area contributed by atoms with Gasteiger partial charge < -0.3 is 15.2 Å². The number of hydrogen-bond donors (Lipinski definition) is 1. The normalized spacial score (nSPS) is 19.2. The smallest absolute Gasteiger partial charge is 0.130 e. The average Bonchev–Trinajstić information content (AvgIpc) is 2.89. The zero-order valence-electron chi connectivity index (χ0n) is 10.1. The highest BCUT2D eigenvalue weighted by Gasteiger charge is 2.16. The fraction of sp³-hybridized carbons (Fsp3) is 0.357. The summed E-state index contributed by atoms with van der Waals surface area (Å²) in [6.07, 6.45) is 4.17. The molecule has 94 valence electrons. The molecule has 1 fully saturated rings. The van der Waals surface area contributed by atoms with Crippen molar-refractivity contribution in [3.8, 4) is 5.75 Å². The van der Waals surface area contributed by atoms with Gasteiger partial charge in [-0.1, -0.05) is 0 Å². The number of nitrogens with zero attached hydrogens (tertiary/aromatic N) is 1. The summed E-state index contributed by atoms with van der Waals surface area (Å²) < 4.78 is 11.4. The summed E-state index contributed by atoms with van der Waals surface area (Å²) in [6, 6.07) is 7.55. The summed E-state index contributed by atoms with van der Waals surface area (Å²) in [4.78, 5) is 4.29. The zero-order chi connectivity index (χ0) is 12.4. The van der Waals surface area contributed by atoms with E-state index in [9.17, 15) is 0 Å². The number of anilines is 1. The molecule has 0 aliphatic carbocycles. The van der Waals surface area contributed by atoms with Crippen LogP contribution in [-0.2, 0) is 4.74 Å². The lowest BCUT2D eigenvalue weighted by Crippen LogP contribution is -2.16. The van der Waals surface area contributed by atoms with Crippen LogP contribution in [0.25, 0.3) is 10.9 Å². The number of rotatable bonds is 3. The van der Waals surface area contributed by atoms with Crippen LogP contribution in [0.3, 0.4) is 0 Å². The maximum absolute atomic E-state index is 5.84. The minimum absolute atomic E-state index is 0.224. The monoisotopic (exact) mass is 244 g/mol. The first kappa shape index (κ1) is 11.3. The van der Waals surface area contributed by atoms with Crippen molar-refractivity contribution in [1.29, 1.82) is 0 Å². The fourth-order valence-corrected chi connectivity index (χ4v) is 2.22. The van der Waals surface area contributed by atoms with Crippen molar-refractivity contribution in [3.63, 3.8) is 0 Å². The van der Waals surface area contributed by atoms with Crippen LogP contribution in [0.15, 0.2) is 30.5 Å². The number of nitrogens with two attached hydrogens (primary N) is 1. The Morgan fingerprint density at radius 2 is 2.33 bits per heavy atom. The molecule has 0 spiro atoms. The highest BCUT2D eigenvalue weighted by molar-refractivity contribution is 5.87. The molecule has 2 N–H and O–H groups in total. The number of pyridine rings is 1. The second kappa shape index (κ2) is 4.82. The minimum atomic E-state index is 0.224. The SMILES string of the molecule is Nc1ccc2c(OCC3CCCO3)ccnc2c1. The maximum atomic E-state index is 5.84. The van der Waals surface area contributed by atoms with E-state index < -0.39 is 0 Å². The van der Waals surface area contributed by atoms with Crippen molar-refractivity contribution in [1.82, 2.24) is 4.98 Å². The van der Waals surface area contributed by atoms with E-state index in [1.54, 1.807) is 6.20 Å². The Hall–Kier alpha value is -1.81. The van der Waals surface area contributed by atoms with E-state index >= 15 is 0 Å². The molecule has 1 aromatic carbocycles. The van der Waals surface area contributed by atoms with E-state index in [0.29, 0.717) is 12.3 Å². The largest absolute Gasteiger partial charge is 0.490 e. The van der Waals surface area contributed by atoms with E-state index in [4.69, 9.17) is 15.2 Å². The molecule has 2 heterocycles. The molecule has 0 amide bonds. The van der Waals surface area contributed by atoms with Crippen LogP contribution < -0.4 is 10.5 Å². The van der Waals surface area contributed by atoms with Gasteiger partial charge in [-0.25, -0.2) is 0 Å². The molecule has 1 aliphatic rings.